The van der Waals surface area contributed by atoms with E-state index in [1.807, 2.05) is 20.8 Å². The van der Waals surface area contributed by atoms with E-state index < -0.39 is 17.2 Å². The van der Waals surface area contributed by atoms with Crippen LogP contribution < -0.4 is 5.32 Å². The molecule has 0 radical (unpaired) electrons. The van der Waals surface area contributed by atoms with E-state index >= 15 is 0 Å². The second-order valence-electron chi connectivity index (χ2n) is 4.67. The Balaban J connectivity index is 3.25. The lowest BCUT2D eigenvalue weighted by atomic mass is 9.83. The van der Waals surface area contributed by atoms with E-state index in [0.29, 0.717) is 12.1 Å². The molecule has 0 heterocycles. The Morgan fingerprint density at radius 2 is 1.63 bits per heavy atom. The van der Waals surface area contributed by atoms with E-state index in [4.69, 9.17) is 4.74 Å². The van der Waals surface area contributed by atoms with Gasteiger partial charge in [0, 0.05) is 13.2 Å². The van der Waals surface area contributed by atoms with Gasteiger partial charge < -0.3 is 10.1 Å². The number of rotatable bonds is 7. The van der Waals surface area contributed by atoms with Gasteiger partial charge in [0.1, 0.15) is 11.6 Å². The minimum Gasteiger partial charge on any atom is -0.376 e. The summed E-state index contributed by atoms with van der Waals surface area (Å²) in [4.78, 5) is 0. The van der Waals surface area contributed by atoms with Crippen LogP contribution in [0.2, 0.25) is 0 Å². The molecule has 19 heavy (non-hydrogen) atoms. The van der Waals surface area contributed by atoms with Crippen LogP contribution >= 0.6 is 0 Å². The predicted molar refractivity (Wildman–Crippen MR) is 73.1 cm³/mol. The average molecular weight is 271 g/mol. The van der Waals surface area contributed by atoms with Gasteiger partial charge in [-0.3, -0.25) is 0 Å². The summed E-state index contributed by atoms with van der Waals surface area (Å²) in [5.41, 5.74) is 0.126. The van der Waals surface area contributed by atoms with Gasteiger partial charge in [0.2, 0.25) is 0 Å². The topological polar surface area (TPSA) is 21.3 Å². The molecule has 2 nitrogen and oxygen atoms in total. The number of halogens is 2. The summed E-state index contributed by atoms with van der Waals surface area (Å²) in [5, 5.41) is 3.29. The van der Waals surface area contributed by atoms with Crippen molar-refractivity contribution in [1.29, 1.82) is 0 Å². The highest BCUT2D eigenvalue weighted by molar-refractivity contribution is 5.24. The minimum absolute atomic E-state index is 0.234. The first-order valence-corrected chi connectivity index (χ1v) is 6.77. The third-order valence-electron chi connectivity index (χ3n) is 3.76. The molecular weight excluding hydrogens is 248 g/mol. The van der Waals surface area contributed by atoms with Gasteiger partial charge >= 0.3 is 0 Å². The van der Waals surface area contributed by atoms with Crippen molar-refractivity contribution in [3.8, 4) is 0 Å². The van der Waals surface area contributed by atoms with Gasteiger partial charge in [-0.05, 0) is 37.1 Å². The van der Waals surface area contributed by atoms with E-state index in [1.165, 1.54) is 12.1 Å². The molecule has 4 heteroatoms. The monoisotopic (exact) mass is 271 g/mol. The molecular formula is C15H23F2NO. The van der Waals surface area contributed by atoms with Crippen molar-refractivity contribution in [2.45, 2.75) is 45.3 Å². The Kier molecular flexibility index (Phi) is 5.88. The van der Waals surface area contributed by atoms with Gasteiger partial charge in [-0.25, -0.2) is 8.78 Å². The highest BCUT2D eigenvalue weighted by Crippen LogP contribution is 2.35. The summed E-state index contributed by atoms with van der Waals surface area (Å²) < 4.78 is 32.5. The van der Waals surface area contributed by atoms with Gasteiger partial charge in [-0.15, -0.1) is 0 Å². The lowest BCUT2D eigenvalue weighted by molar-refractivity contribution is -0.0483. The number of likely N-dealkylation sites (N-methyl/N-ethyl adjacent to an activating group) is 1. The van der Waals surface area contributed by atoms with Crippen molar-refractivity contribution in [2.24, 2.45) is 0 Å². The fourth-order valence-electron chi connectivity index (χ4n) is 2.62. The van der Waals surface area contributed by atoms with E-state index in [-0.39, 0.29) is 6.04 Å². The van der Waals surface area contributed by atoms with Crippen LogP contribution in [0.1, 0.15) is 45.2 Å². The zero-order valence-corrected chi connectivity index (χ0v) is 12.1. The third-order valence-corrected chi connectivity index (χ3v) is 3.76. The molecule has 0 amide bonds. The number of hydrogen-bond acceptors (Lipinski definition) is 2. The van der Waals surface area contributed by atoms with Crippen molar-refractivity contribution >= 4 is 0 Å². The smallest absolute Gasteiger partial charge is 0.126 e. The van der Waals surface area contributed by atoms with Crippen LogP contribution in [0.15, 0.2) is 18.2 Å². The molecule has 0 bridgehead atoms. The Bertz CT molecular complexity index is 377. The highest BCUT2D eigenvalue weighted by Gasteiger charge is 2.36. The quantitative estimate of drug-likeness (QED) is 0.814. The fraction of sp³-hybridized carbons (Fsp3) is 0.600. The second-order valence-corrected chi connectivity index (χ2v) is 4.67. The van der Waals surface area contributed by atoms with Crippen LogP contribution in [0.25, 0.3) is 0 Å². The maximum absolute atomic E-state index is 13.4. The van der Waals surface area contributed by atoms with Crippen LogP contribution in [0.4, 0.5) is 8.78 Å². The van der Waals surface area contributed by atoms with E-state index in [9.17, 15) is 8.78 Å². The first-order chi connectivity index (χ1) is 9.02. The molecule has 0 saturated heterocycles. The second kappa shape index (κ2) is 6.96. The molecule has 1 rings (SSSR count). The lowest BCUT2D eigenvalue weighted by Crippen LogP contribution is -2.45. The third kappa shape index (κ3) is 3.51. The Labute approximate surface area is 114 Å². The summed E-state index contributed by atoms with van der Waals surface area (Å²) in [6.07, 6.45) is 1.52. The Hall–Kier alpha value is -1.00. The van der Waals surface area contributed by atoms with Crippen LogP contribution in [0, 0.1) is 11.6 Å². The summed E-state index contributed by atoms with van der Waals surface area (Å²) in [7, 11) is 1.65. The van der Waals surface area contributed by atoms with Gasteiger partial charge in [0.25, 0.3) is 0 Å². The molecule has 1 aromatic carbocycles. The predicted octanol–water partition coefficient (Wildman–Crippen LogP) is 3.82. The number of ether oxygens (including phenoxy) is 1. The molecule has 0 aromatic heterocycles. The molecule has 108 valence electrons. The number of hydrogen-bond donors (Lipinski definition) is 1. The first kappa shape index (κ1) is 16.1. The normalized spacial score (nSPS) is 13.6. The summed E-state index contributed by atoms with van der Waals surface area (Å²) in [6.45, 7) is 6.71. The average Bonchev–Trinajstić information content (AvgIpc) is 2.39. The zero-order chi connectivity index (χ0) is 14.5. The lowest BCUT2D eigenvalue weighted by Gasteiger charge is -2.39. The van der Waals surface area contributed by atoms with Crippen molar-refractivity contribution in [3.63, 3.8) is 0 Å². The van der Waals surface area contributed by atoms with Crippen LogP contribution in [0.5, 0.6) is 0 Å². The maximum atomic E-state index is 13.4. The number of methoxy groups -OCH3 is 1. The molecule has 0 spiro atoms. The SMILES string of the molecule is CCNC(c1cc(F)cc(F)c1)C(CC)(CC)OC. The molecule has 1 N–H and O–H groups in total. The van der Waals surface area contributed by atoms with Crippen molar-refractivity contribution in [2.75, 3.05) is 13.7 Å². The van der Waals surface area contributed by atoms with Gasteiger partial charge in [0.15, 0.2) is 0 Å². The molecule has 1 atom stereocenters. The van der Waals surface area contributed by atoms with Crippen LogP contribution in [0.3, 0.4) is 0 Å². The van der Waals surface area contributed by atoms with Crippen molar-refractivity contribution in [1.82, 2.24) is 5.32 Å². The summed E-state index contributed by atoms with van der Waals surface area (Å²) in [6, 6.07) is 3.40. The first-order valence-electron chi connectivity index (χ1n) is 6.77. The van der Waals surface area contributed by atoms with Gasteiger partial charge in [0.05, 0.1) is 11.6 Å². The van der Waals surface area contributed by atoms with Gasteiger partial charge in [-0.1, -0.05) is 20.8 Å². The van der Waals surface area contributed by atoms with Crippen molar-refractivity contribution in [3.05, 3.63) is 35.4 Å². The molecule has 1 unspecified atom stereocenters. The fourth-order valence-corrected chi connectivity index (χ4v) is 2.62. The molecule has 0 saturated carbocycles. The maximum Gasteiger partial charge on any atom is 0.126 e. The van der Waals surface area contributed by atoms with Crippen LogP contribution in [-0.2, 0) is 4.74 Å². The van der Waals surface area contributed by atoms with E-state index in [1.54, 1.807) is 7.11 Å². The molecule has 0 aliphatic rings. The zero-order valence-electron chi connectivity index (χ0n) is 12.1. The molecule has 0 fully saturated rings. The summed E-state index contributed by atoms with van der Waals surface area (Å²) >= 11 is 0. The number of benzene rings is 1. The summed E-state index contributed by atoms with van der Waals surface area (Å²) in [5.74, 6) is -1.12. The Morgan fingerprint density at radius 1 is 1.11 bits per heavy atom. The molecule has 0 aliphatic heterocycles. The minimum atomic E-state index is -0.560. The Morgan fingerprint density at radius 3 is 2.00 bits per heavy atom. The van der Waals surface area contributed by atoms with E-state index in [0.717, 1.165) is 18.9 Å². The number of nitrogens with one attached hydrogen (secondary N) is 1. The van der Waals surface area contributed by atoms with Crippen molar-refractivity contribution < 1.29 is 13.5 Å². The standard InChI is InChI=1S/C15H23F2NO/c1-5-15(6-2,19-4)14(18-7-3)11-8-12(16)10-13(17)9-11/h8-10,14,18H,5-7H2,1-4H3. The van der Waals surface area contributed by atoms with Crippen LogP contribution in [-0.4, -0.2) is 19.3 Å². The van der Waals surface area contributed by atoms with Gasteiger partial charge in [-0.2, -0.15) is 0 Å². The largest absolute Gasteiger partial charge is 0.376 e. The molecule has 1 aromatic rings. The van der Waals surface area contributed by atoms with E-state index in [2.05, 4.69) is 5.32 Å². The molecule has 0 aliphatic carbocycles. The highest BCUT2D eigenvalue weighted by atomic mass is 19.1.